The van der Waals surface area contributed by atoms with Gasteiger partial charge in [-0.3, -0.25) is 9.69 Å². The average Bonchev–Trinajstić information content (AvgIpc) is 2.53. The zero-order valence-electron chi connectivity index (χ0n) is 14.0. The van der Waals surface area contributed by atoms with Crippen molar-refractivity contribution in [2.75, 3.05) is 13.1 Å². The molecular formula is C19H26N2O2. The lowest BCUT2D eigenvalue weighted by Gasteiger charge is -2.23. The first-order valence-electron chi connectivity index (χ1n) is 8.32. The molecule has 1 heterocycles. The van der Waals surface area contributed by atoms with Gasteiger partial charge in [-0.2, -0.15) is 0 Å². The molecule has 0 unspecified atom stereocenters. The highest BCUT2D eigenvalue weighted by atomic mass is 16.3. The van der Waals surface area contributed by atoms with Gasteiger partial charge in [-0.25, -0.2) is 0 Å². The SMILES string of the molecule is CCCN(CCC)Cc1cc(=O)c(O)cn1Cc1ccccc1. The van der Waals surface area contributed by atoms with Gasteiger partial charge in [-0.1, -0.05) is 44.2 Å². The fourth-order valence-electron chi connectivity index (χ4n) is 2.80. The molecule has 0 atom stereocenters. The van der Waals surface area contributed by atoms with Gasteiger partial charge >= 0.3 is 0 Å². The smallest absolute Gasteiger partial charge is 0.223 e. The zero-order chi connectivity index (χ0) is 16.7. The highest BCUT2D eigenvalue weighted by Crippen LogP contribution is 2.12. The number of hydrogen-bond donors (Lipinski definition) is 1. The summed E-state index contributed by atoms with van der Waals surface area (Å²) in [6, 6.07) is 11.6. The summed E-state index contributed by atoms with van der Waals surface area (Å²) in [7, 11) is 0. The monoisotopic (exact) mass is 314 g/mol. The molecule has 23 heavy (non-hydrogen) atoms. The maximum Gasteiger partial charge on any atom is 0.223 e. The van der Waals surface area contributed by atoms with Crippen LogP contribution in [0.1, 0.15) is 37.9 Å². The van der Waals surface area contributed by atoms with Gasteiger partial charge in [-0.15, -0.1) is 0 Å². The molecule has 1 aromatic heterocycles. The molecule has 0 spiro atoms. The molecule has 0 radical (unpaired) electrons. The number of pyridine rings is 1. The zero-order valence-corrected chi connectivity index (χ0v) is 14.0. The number of benzene rings is 1. The van der Waals surface area contributed by atoms with Crippen molar-refractivity contribution >= 4 is 0 Å². The summed E-state index contributed by atoms with van der Waals surface area (Å²) in [6.45, 7) is 7.72. The van der Waals surface area contributed by atoms with Crippen molar-refractivity contribution in [1.82, 2.24) is 9.47 Å². The normalized spacial score (nSPS) is 11.1. The van der Waals surface area contributed by atoms with E-state index in [1.54, 1.807) is 12.3 Å². The fraction of sp³-hybridized carbons (Fsp3) is 0.421. The summed E-state index contributed by atoms with van der Waals surface area (Å²) in [5.74, 6) is -0.192. The number of aromatic nitrogens is 1. The van der Waals surface area contributed by atoms with Crippen LogP contribution in [0.2, 0.25) is 0 Å². The minimum Gasteiger partial charge on any atom is -0.503 e. The molecule has 0 aliphatic rings. The van der Waals surface area contributed by atoms with Crippen molar-refractivity contribution < 1.29 is 5.11 Å². The molecule has 0 aliphatic heterocycles. The Hall–Kier alpha value is -2.07. The van der Waals surface area contributed by atoms with Gasteiger partial charge in [0.25, 0.3) is 0 Å². The third kappa shape index (κ3) is 4.96. The van der Waals surface area contributed by atoms with Crippen LogP contribution in [0.3, 0.4) is 0 Å². The first-order valence-corrected chi connectivity index (χ1v) is 8.32. The third-order valence-corrected chi connectivity index (χ3v) is 3.86. The van der Waals surface area contributed by atoms with E-state index in [9.17, 15) is 9.90 Å². The molecule has 4 heteroatoms. The molecule has 1 aromatic carbocycles. The number of nitrogens with zero attached hydrogens (tertiary/aromatic N) is 2. The molecular weight excluding hydrogens is 288 g/mol. The molecule has 2 aromatic rings. The van der Waals surface area contributed by atoms with Crippen LogP contribution in [0.15, 0.2) is 47.4 Å². The molecule has 0 aliphatic carbocycles. The summed E-state index contributed by atoms with van der Waals surface area (Å²) in [6.07, 6.45) is 3.72. The first-order chi connectivity index (χ1) is 11.1. The van der Waals surface area contributed by atoms with Crippen LogP contribution in [0.25, 0.3) is 0 Å². The van der Waals surface area contributed by atoms with E-state index in [2.05, 4.69) is 30.9 Å². The van der Waals surface area contributed by atoms with Crippen molar-refractivity contribution in [2.45, 2.75) is 39.8 Å². The van der Waals surface area contributed by atoms with Crippen molar-refractivity contribution in [2.24, 2.45) is 0 Å². The predicted molar refractivity (Wildman–Crippen MR) is 93.8 cm³/mol. The van der Waals surface area contributed by atoms with E-state index < -0.39 is 0 Å². The first kappa shape index (κ1) is 17.3. The standard InChI is InChI=1S/C19H26N2O2/c1-3-10-20(11-4-2)14-17-12-18(22)19(23)15-21(17)13-16-8-6-5-7-9-16/h5-9,12,15,23H,3-4,10-11,13-14H2,1-2H3. The second-order valence-corrected chi connectivity index (χ2v) is 5.90. The van der Waals surface area contributed by atoms with Crippen LogP contribution in [-0.4, -0.2) is 27.7 Å². The third-order valence-electron chi connectivity index (χ3n) is 3.86. The molecule has 1 N–H and O–H groups in total. The van der Waals surface area contributed by atoms with Gasteiger partial charge in [-0.05, 0) is 31.5 Å². The number of hydrogen-bond acceptors (Lipinski definition) is 3. The van der Waals surface area contributed by atoms with Gasteiger partial charge < -0.3 is 9.67 Å². The predicted octanol–water partition coefficient (Wildman–Crippen LogP) is 3.22. The highest BCUT2D eigenvalue weighted by molar-refractivity contribution is 5.23. The molecule has 0 amide bonds. The maximum atomic E-state index is 11.9. The molecule has 4 nitrogen and oxygen atoms in total. The largest absolute Gasteiger partial charge is 0.503 e. The van der Waals surface area contributed by atoms with Gasteiger partial charge in [0.15, 0.2) is 5.75 Å². The summed E-state index contributed by atoms with van der Waals surface area (Å²) < 4.78 is 1.98. The molecule has 0 saturated heterocycles. The van der Waals surface area contributed by atoms with Crippen LogP contribution in [0.5, 0.6) is 5.75 Å². The Morgan fingerprint density at radius 2 is 1.74 bits per heavy atom. The van der Waals surface area contributed by atoms with Crippen molar-refractivity contribution in [1.29, 1.82) is 0 Å². The Morgan fingerprint density at radius 1 is 1.09 bits per heavy atom. The van der Waals surface area contributed by atoms with Crippen LogP contribution < -0.4 is 5.43 Å². The molecule has 2 rings (SSSR count). The Kier molecular flexibility index (Phi) is 6.41. The van der Waals surface area contributed by atoms with E-state index >= 15 is 0 Å². The lowest BCUT2D eigenvalue weighted by atomic mass is 10.2. The van der Waals surface area contributed by atoms with Crippen molar-refractivity contribution in [3.63, 3.8) is 0 Å². The van der Waals surface area contributed by atoms with E-state index in [-0.39, 0.29) is 11.2 Å². The highest BCUT2D eigenvalue weighted by Gasteiger charge is 2.10. The lowest BCUT2D eigenvalue weighted by Crippen LogP contribution is -2.28. The van der Waals surface area contributed by atoms with E-state index in [0.29, 0.717) is 6.54 Å². The maximum absolute atomic E-state index is 11.9. The van der Waals surface area contributed by atoms with Crippen LogP contribution in [0, 0.1) is 0 Å². The van der Waals surface area contributed by atoms with E-state index in [4.69, 9.17) is 0 Å². The Balaban J connectivity index is 2.29. The lowest BCUT2D eigenvalue weighted by molar-refractivity contribution is 0.259. The quantitative estimate of drug-likeness (QED) is 0.813. The second-order valence-electron chi connectivity index (χ2n) is 5.90. The Labute approximate surface area is 138 Å². The summed E-state index contributed by atoms with van der Waals surface area (Å²) in [5.41, 5.74) is 1.78. The van der Waals surface area contributed by atoms with Crippen LogP contribution in [0.4, 0.5) is 0 Å². The summed E-state index contributed by atoms with van der Waals surface area (Å²) in [4.78, 5) is 14.2. The van der Waals surface area contributed by atoms with Crippen molar-refractivity contribution in [3.05, 3.63) is 64.1 Å². The van der Waals surface area contributed by atoms with Crippen molar-refractivity contribution in [3.8, 4) is 5.75 Å². The van der Waals surface area contributed by atoms with E-state index in [0.717, 1.165) is 43.7 Å². The van der Waals surface area contributed by atoms with Gasteiger partial charge in [0.05, 0.1) is 6.20 Å². The number of aromatic hydroxyl groups is 1. The van der Waals surface area contributed by atoms with Crippen LogP contribution in [-0.2, 0) is 13.1 Å². The summed E-state index contributed by atoms with van der Waals surface area (Å²) >= 11 is 0. The van der Waals surface area contributed by atoms with E-state index in [1.807, 2.05) is 22.8 Å². The van der Waals surface area contributed by atoms with Gasteiger partial charge in [0.1, 0.15) is 0 Å². The number of rotatable bonds is 8. The molecule has 0 saturated carbocycles. The Bertz CT molecular complexity index is 659. The topological polar surface area (TPSA) is 45.5 Å². The molecule has 0 bridgehead atoms. The minimum atomic E-state index is -0.308. The average molecular weight is 314 g/mol. The minimum absolute atomic E-state index is 0.192. The van der Waals surface area contributed by atoms with E-state index in [1.165, 1.54) is 0 Å². The molecule has 0 fully saturated rings. The Morgan fingerprint density at radius 3 is 2.35 bits per heavy atom. The fourth-order valence-corrected chi connectivity index (χ4v) is 2.80. The second kappa shape index (κ2) is 8.53. The van der Waals surface area contributed by atoms with Gasteiger partial charge in [0, 0.05) is 24.8 Å². The summed E-state index contributed by atoms with van der Waals surface area (Å²) in [5, 5.41) is 9.80. The van der Waals surface area contributed by atoms with Gasteiger partial charge in [0.2, 0.25) is 5.43 Å². The van der Waals surface area contributed by atoms with Crippen LogP contribution >= 0.6 is 0 Å². The molecule has 124 valence electrons.